The summed E-state index contributed by atoms with van der Waals surface area (Å²) < 4.78 is 3.76. The van der Waals surface area contributed by atoms with Crippen LogP contribution in [0.4, 0.5) is 5.69 Å². The second-order valence-corrected chi connectivity index (χ2v) is 8.64. The molecule has 0 aliphatic carbocycles. The molecular weight excluding hydrogens is 529 g/mol. The lowest BCUT2D eigenvalue weighted by atomic mass is 10.1. The third-order valence-corrected chi connectivity index (χ3v) is 5.63. The SMILES string of the molecule is O=C(Nc1cccc(-c2cn3cc(Br)cc(Br)c3n2)c1)c1ccc(Cl)cc1Cl. The van der Waals surface area contributed by atoms with Crippen LogP contribution >= 0.6 is 55.1 Å². The third-order valence-electron chi connectivity index (χ3n) is 4.06. The summed E-state index contributed by atoms with van der Waals surface area (Å²) in [5, 5.41) is 3.65. The highest BCUT2D eigenvalue weighted by Gasteiger charge is 2.13. The minimum Gasteiger partial charge on any atom is -0.322 e. The fourth-order valence-corrected chi connectivity index (χ4v) is 4.58. The van der Waals surface area contributed by atoms with Crippen LogP contribution in [0, 0.1) is 0 Å². The minimum atomic E-state index is -0.305. The first-order valence-electron chi connectivity index (χ1n) is 8.11. The maximum atomic E-state index is 12.5. The van der Waals surface area contributed by atoms with Gasteiger partial charge in [0, 0.05) is 33.1 Å². The highest BCUT2D eigenvalue weighted by Crippen LogP contribution is 2.28. The van der Waals surface area contributed by atoms with Gasteiger partial charge in [-0.3, -0.25) is 4.79 Å². The maximum absolute atomic E-state index is 12.5. The van der Waals surface area contributed by atoms with Crippen LogP contribution in [0.5, 0.6) is 0 Å². The Balaban J connectivity index is 1.65. The second-order valence-electron chi connectivity index (χ2n) is 6.02. The normalized spacial score (nSPS) is 11.0. The van der Waals surface area contributed by atoms with Crippen LogP contribution in [0.15, 0.2) is 69.9 Å². The number of amides is 1. The van der Waals surface area contributed by atoms with Crippen LogP contribution in [0.2, 0.25) is 10.0 Å². The molecule has 140 valence electrons. The summed E-state index contributed by atoms with van der Waals surface area (Å²) in [5.41, 5.74) is 3.48. The van der Waals surface area contributed by atoms with Gasteiger partial charge < -0.3 is 9.72 Å². The number of anilines is 1. The molecule has 0 aliphatic heterocycles. The Kier molecular flexibility index (Phi) is 5.47. The van der Waals surface area contributed by atoms with Crippen molar-refractivity contribution in [3.05, 3.63) is 85.5 Å². The lowest BCUT2D eigenvalue weighted by Gasteiger charge is -2.08. The topological polar surface area (TPSA) is 46.4 Å². The van der Waals surface area contributed by atoms with Crippen molar-refractivity contribution in [3.63, 3.8) is 0 Å². The number of carbonyl (C=O) groups excluding carboxylic acids is 1. The van der Waals surface area contributed by atoms with Gasteiger partial charge >= 0.3 is 0 Å². The lowest BCUT2D eigenvalue weighted by Crippen LogP contribution is -2.12. The molecule has 1 amide bonds. The standard InChI is InChI=1S/C20H11Br2Cl2N3O/c21-12-7-16(22)19-26-18(10-27(19)9-12)11-2-1-3-14(6-11)25-20(28)15-5-4-13(23)8-17(15)24/h1-10H,(H,25,28). The molecule has 0 atom stereocenters. The van der Waals surface area contributed by atoms with Gasteiger partial charge in [-0.1, -0.05) is 35.3 Å². The number of halogens is 4. The van der Waals surface area contributed by atoms with Crippen LogP contribution in [0.1, 0.15) is 10.4 Å². The van der Waals surface area contributed by atoms with E-state index in [0.29, 0.717) is 21.3 Å². The van der Waals surface area contributed by atoms with Gasteiger partial charge in [-0.25, -0.2) is 4.98 Å². The highest BCUT2D eigenvalue weighted by atomic mass is 79.9. The van der Waals surface area contributed by atoms with E-state index in [0.717, 1.165) is 25.8 Å². The third kappa shape index (κ3) is 3.96. The Morgan fingerprint density at radius 1 is 1.04 bits per heavy atom. The fourth-order valence-electron chi connectivity index (χ4n) is 2.79. The van der Waals surface area contributed by atoms with Crippen LogP contribution < -0.4 is 5.32 Å². The Labute approximate surface area is 187 Å². The van der Waals surface area contributed by atoms with Gasteiger partial charge in [-0.05, 0) is 68.3 Å². The predicted molar refractivity (Wildman–Crippen MR) is 120 cm³/mol. The van der Waals surface area contributed by atoms with Gasteiger partial charge in [-0.15, -0.1) is 0 Å². The molecule has 0 saturated carbocycles. The molecule has 0 radical (unpaired) electrons. The zero-order chi connectivity index (χ0) is 19.8. The first-order chi connectivity index (χ1) is 13.4. The van der Waals surface area contributed by atoms with E-state index < -0.39 is 0 Å². The second kappa shape index (κ2) is 7.87. The molecule has 0 spiro atoms. The number of rotatable bonds is 3. The average molecular weight is 540 g/mol. The molecule has 2 aromatic heterocycles. The van der Waals surface area contributed by atoms with Crippen molar-refractivity contribution >= 4 is 72.3 Å². The van der Waals surface area contributed by atoms with E-state index in [9.17, 15) is 4.79 Å². The number of aromatic nitrogens is 2. The summed E-state index contributed by atoms with van der Waals surface area (Å²) in [4.78, 5) is 17.2. The molecule has 4 nitrogen and oxygen atoms in total. The van der Waals surface area contributed by atoms with Crippen molar-refractivity contribution in [2.45, 2.75) is 0 Å². The molecule has 8 heteroatoms. The van der Waals surface area contributed by atoms with Crippen molar-refractivity contribution in [3.8, 4) is 11.3 Å². The first kappa shape index (κ1) is 19.5. The number of benzene rings is 2. The Bertz CT molecular complexity index is 1220. The van der Waals surface area contributed by atoms with Crippen LogP contribution in [-0.4, -0.2) is 15.3 Å². The van der Waals surface area contributed by atoms with Gasteiger partial charge in [0.15, 0.2) is 5.65 Å². The number of imidazole rings is 1. The van der Waals surface area contributed by atoms with Gasteiger partial charge in [0.2, 0.25) is 0 Å². The molecule has 2 heterocycles. The molecule has 2 aromatic carbocycles. The molecule has 0 unspecified atom stereocenters. The van der Waals surface area contributed by atoms with Gasteiger partial charge in [0.05, 0.1) is 20.8 Å². The van der Waals surface area contributed by atoms with E-state index in [2.05, 4.69) is 42.2 Å². The average Bonchev–Trinajstić information content (AvgIpc) is 3.06. The smallest absolute Gasteiger partial charge is 0.257 e. The van der Waals surface area contributed by atoms with E-state index >= 15 is 0 Å². The largest absolute Gasteiger partial charge is 0.322 e. The molecule has 0 aliphatic rings. The molecular formula is C20H11Br2Cl2N3O. The first-order valence-corrected chi connectivity index (χ1v) is 10.5. The number of nitrogens with zero attached hydrogens (tertiary/aromatic N) is 2. The molecule has 0 saturated heterocycles. The fraction of sp³-hybridized carbons (Fsp3) is 0. The number of hydrogen-bond acceptors (Lipinski definition) is 2. The Morgan fingerprint density at radius 3 is 2.64 bits per heavy atom. The number of nitrogens with one attached hydrogen (secondary N) is 1. The quantitative estimate of drug-likeness (QED) is 0.302. The molecule has 1 N–H and O–H groups in total. The van der Waals surface area contributed by atoms with E-state index in [1.54, 1.807) is 18.2 Å². The summed E-state index contributed by atoms with van der Waals surface area (Å²) in [6.07, 6.45) is 3.87. The summed E-state index contributed by atoms with van der Waals surface area (Å²) in [6, 6.07) is 14.2. The van der Waals surface area contributed by atoms with Crippen LogP contribution in [-0.2, 0) is 0 Å². The number of pyridine rings is 1. The number of fused-ring (bicyclic) bond motifs is 1. The number of carbonyl (C=O) groups is 1. The van der Waals surface area contributed by atoms with Crippen molar-refractivity contribution in [1.82, 2.24) is 9.38 Å². The van der Waals surface area contributed by atoms with Crippen molar-refractivity contribution < 1.29 is 4.79 Å². The minimum absolute atomic E-state index is 0.303. The van der Waals surface area contributed by atoms with Crippen LogP contribution in [0.3, 0.4) is 0 Å². The van der Waals surface area contributed by atoms with Crippen molar-refractivity contribution in [1.29, 1.82) is 0 Å². The summed E-state index contributed by atoms with van der Waals surface area (Å²) in [6.45, 7) is 0. The monoisotopic (exact) mass is 537 g/mol. The Hall–Kier alpha value is -1.86. The summed E-state index contributed by atoms with van der Waals surface area (Å²) in [5.74, 6) is -0.305. The molecule has 28 heavy (non-hydrogen) atoms. The molecule has 0 fully saturated rings. The molecule has 4 aromatic rings. The molecule has 0 bridgehead atoms. The van der Waals surface area contributed by atoms with Crippen molar-refractivity contribution in [2.24, 2.45) is 0 Å². The van der Waals surface area contributed by atoms with Crippen molar-refractivity contribution in [2.75, 3.05) is 5.32 Å². The summed E-state index contributed by atoms with van der Waals surface area (Å²) in [7, 11) is 0. The van der Waals surface area contributed by atoms with Gasteiger partial charge in [-0.2, -0.15) is 0 Å². The van der Waals surface area contributed by atoms with Gasteiger partial charge in [0.1, 0.15) is 0 Å². The Morgan fingerprint density at radius 2 is 1.86 bits per heavy atom. The predicted octanol–water partition coefficient (Wildman–Crippen LogP) is 7.09. The van der Waals surface area contributed by atoms with E-state index in [4.69, 9.17) is 23.2 Å². The highest BCUT2D eigenvalue weighted by molar-refractivity contribution is 9.11. The zero-order valence-electron chi connectivity index (χ0n) is 14.1. The lowest BCUT2D eigenvalue weighted by molar-refractivity contribution is 0.102. The molecule has 4 rings (SSSR count). The number of hydrogen-bond donors (Lipinski definition) is 1. The van der Waals surface area contributed by atoms with E-state index in [1.165, 1.54) is 0 Å². The van der Waals surface area contributed by atoms with E-state index in [1.807, 2.05) is 47.1 Å². The zero-order valence-corrected chi connectivity index (χ0v) is 18.8. The summed E-state index contributed by atoms with van der Waals surface area (Å²) >= 11 is 19.0. The van der Waals surface area contributed by atoms with Crippen LogP contribution in [0.25, 0.3) is 16.9 Å². The van der Waals surface area contributed by atoms with Gasteiger partial charge in [0.25, 0.3) is 5.91 Å². The van der Waals surface area contributed by atoms with E-state index in [-0.39, 0.29) is 5.91 Å². The maximum Gasteiger partial charge on any atom is 0.257 e.